The van der Waals surface area contributed by atoms with Gasteiger partial charge >= 0.3 is 0 Å². The molecule has 0 aliphatic carbocycles. The molecule has 2 aromatic carbocycles. The summed E-state index contributed by atoms with van der Waals surface area (Å²) in [6.07, 6.45) is 0.129. The molecule has 1 atom stereocenters. The fraction of sp³-hybridized carbons (Fsp3) is 0.263. The van der Waals surface area contributed by atoms with Crippen molar-refractivity contribution in [2.24, 2.45) is 5.92 Å². The van der Waals surface area contributed by atoms with Gasteiger partial charge in [-0.05, 0) is 42.8 Å². The van der Waals surface area contributed by atoms with E-state index in [4.69, 9.17) is 4.74 Å². The third-order valence-electron chi connectivity index (χ3n) is 4.32. The first-order chi connectivity index (χ1) is 12.0. The zero-order valence-corrected chi connectivity index (χ0v) is 14.1. The second kappa shape index (κ2) is 6.93. The SMILES string of the molecule is COc1ccccc1N1C[C@H](C(=O)Nc2ccc(F)cc2C)CC1=O. The molecule has 0 saturated carbocycles. The lowest BCUT2D eigenvalue weighted by atomic mass is 10.1. The van der Waals surface area contributed by atoms with E-state index in [9.17, 15) is 14.0 Å². The highest BCUT2D eigenvalue weighted by Crippen LogP contribution is 2.33. The molecule has 25 heavy (non-hydrogen) atoms. The number of carbonyl (C=O) groups excluding carboxylic acids is 2. The minimum Gasteiger partial charge on any atom is -0.495 e. The summed E-state index contributed by atoms with van der Waals surface area (Å²) in [6.45, 7) is 2.00. The zero-order valence-electron chi connectivity index (χ0n) is 14.1. The Bertz CT molecular complexity index is 822. The number of nitrogens with zero attached hydrogens (tertiary/aromatic N) is 1. The average Bonchev–Trinajstić information content (AvgIpc) is 2.99. The van der Waals surface area contributed by atoms with Crippen molar-refractivity contribution in [1.29, 1.82) is 0 Å². The lowest BCUT2D eigenvalue weighted by molar-refractivity contribution is -0.122. The summed E-state index contributed by atoms with van der Waals surface area (Å²) in [4.78, 5) is 26.4. The van der Waals surface area contributed by atoms with E-state index in [0.717, 1.165) is 0 Å². The average molecular weight is 342 g/mol. The van der Waals surface area contributed by atoms with Crippen LogP contribution in [0.15, 0.2) is 42.5 Å². The maximum absolute atomic E-state index is 13.2. The van der Waals surface area contributed by atoms with Crippen molar-refractivity contribution in [3.63, 3.8) is 0 Å². The molecule has 1 saturated heterocycles. The van der Waals surface area contributed by atoms with E-state index in [2.05, 4.69) is 5.32 Å². The van der Waals surface area contributed by atoms with E-state index in [1.807, 2.05) is 12.1 Å². The van der Waals surface area contributed by atoms with Gasteiger partial charge in [0.1, 0.15) is 11.6 Å². The van der Waals surface area contributed by atoms with Gasteiger partial charge in [0.25, 0.3) is 0 Å². The maximum Gasteiger partial charge on any atom is 0.229 e. The van der Waals surface area contributed by atoms with Gasteiger partial charge in [0, 0.05) is 18.7 Å². The van der Waals surface area contributed by atoms with Crippen molar-refractivity contribution in [2.75, 3.05) is 23.9 Å². The van der Waals surface area contributed by atoms with Gasteiger partial charge < -0.3 is 15.0 Å². The number of benzene rings is 2. The molecule has 1 aliphatic rings. The smallest absolute Gasteiger partial charge is 0.229 e. The van der Waals surface area contributed by atoms with Crippen LogP contribution in [0.2, 0.25) is 0 Å². The molecular weight excluding hydrogens is 323 g/mol. The maximum atomic E-state index is 13.2. The highest BCUT2D eigenvalue weighted by Gasteiger charge is 2.36. The summed E-state index contributed by atoms with van der Waals surface area (Å²) >= 11 is 0. The Morgan fingerprint density at radius 2 is 2.04 bits per heavy atom. The lowest BCUT2D eigenvalue weighted by Crippen LogP contribution is -2.28. The Morgan fingerprint density at radius 1 is 1.28 bits per heavy atom. The first-order valence-corrected chi connectivity index (χ1v) is 8.00. The Hall–Kier alpha value is -2.89. The minimum absolute atomic E-state index is 0.125. The Labute approximate surface area is 145 Å². The first-order valence-electron chi connectivity index (χ1n) is 8.00. The number of hydrogen-bond donors (Lipinski definition) is 1. The van der Waals surface area contributed by atoms with Crippen molar-refractivity contribution in [3.05, 3.63) is 53.8 Å². The number of ether oxygens (including phenoxy) is 1. The zero-order chi connectivity index (χ0) is 18.0. The van der Waals surface area contributed by atoms with E-state index in [1.54, 1.807) is 31.1 Å². The summed E-state index contributed by atoms with van der Waals surface area (Å²) in [5, 5.41) is 2.78. The molecular formula is C19H19FN2O3. The van der Waals surface area contributed by atoms with Crippen molar-refractivity contribution >= 4 is 23.2 Å². The summed E-state index contributed by atoms with van der Waals surface area (Å²) in [5.74, 6) is -0.608. The molecule has 0 radical (unpaired) electrons. The molecule has 0 bridgehead atoms. The molecule has 1 heterocycles. The Balaban J connectivity index is 1.74. The minimum atomic E-state index is -0.470. The van der Waals surface area contributed by atoms with Crippen LogP contribution in [0.1, 0.15) is 12.0 Å². The van der Waals surface area contributed by atoms with Gasteiger partial charge in [-0.15, -0.1) is 0 Å². The van der Waals surface area contributed by atoms with Crippen molar-refractivity contribution in [1.82, 2.24) is 0 Å². The topological polar surface area (TPSA) is 58.6 Å². The highest BCUT2D eigenvalue weighted by atomic mass is 19.1. The van der Waals surface area contributed by atoms with Gasteiger partial charge in [-0.25, -0.2) is 4.39 Å². The van der Waals surface area contributed by atoms with Crippen LogP contribution in [-0.2, 0) is 9.59 Å². The molecule has 2 aromatic rings. The summed E-state index contributed by atoms with van der Waals surface area (Å²) < 4.78 is 18.5. The van der Waals surface area contributed by atoms with Crippen LogP contribution in [0, 0.1) is 18.7 Å². The fourth-order valence-corrected chi connectivity index (χ4v) is 2.97. The number of halogens is 1. The van der Waals surface area contributed by atoms with Crippen LogP contribution in [0.4, 0.5) is 15.8 Å². The Morgan fingerprint density at radius 3 is 2.76 bits per heavy atom. The summed E-state index contributed by atoms with van der Waals surface area (Å²) in [5.41, 5.74) is 1.84. The second-order valence-corrected chi connectivity index (χ2v) is 6.03. The van der Waals surface area contributed by atoms with Gasteiger partial charge in [0.15, 0.2) is 0 Å². The Kier molecular flexibility index (Phi) is 4.70. The molecule has 3 rings (SSSR count). The van der Waals surface area contributed by atoms with E-state index in [-0.39, 0.29) is 30.6 Å². The normalized spacial score (nSPS) is 16.8. The number of methoxy groups -OCH3 is 1. The molecule has 0 aromatic heterocycles. The third kappa shape index (κ3) is 3.47. The lowest BCUT2D eigenvalue weighted by Gasteiger charge is -2.19. The van der Waals surface area contributed by atoms with Crippen LogP contribution in [0.5, 0.6) is 5.75 Å². The fourth-order valence-electron chi connectivity index (χ4n) is 2.97. The number of anilines is 2. The second-order valence-electron chi connectivity index (χ2n) is 6.03. The van der Waals surface area contributed by atoms with Crippen molar-refractivity contribution in [3.8, 4) is 5.75 Å². The van der Waals surface area contributed by atoms with Crippen molar-refractivity contribution < 1.29 is 18.7 Å². The van der Waals surface area contributed by atoms with Crippen molar-refractivity contribution in [2.45, 2.75) is 13.3 Å². The standard InChI is InChI=1S/C19H19FN2O3/c1-12-9-14(20)7-8-15(12)21-19(24)13-10-18(23)22(11-13)16-5-3-4-6-17(16)25-2/h3-9,13H,10-11H2,1-2H3,(H,21,24)/t13-/m1/s1. The van der Waals surface area contributed by atoms with E-state index in [1.165, 1.54) is 18.2 Å². The molecule has 6 heteroatoms. The quantitative estimate of drug-likeness (QED) is 0.929. The van der Waals surface area contributed by atoms with Crippen LogP contribution in [-0.4, -0.2) is 25.5 Å². The molecule has 0 spiro atoms. The van der Waals surface area contributed by atoms with E-state index in [0.29, 0.717) is 22.7 Å². The number of para-hydroxylation sites is 2. The number of nitrogens with one attached hydrogen (secondary N) is 1. The van der Waals surface area contributed by atoms with Crippen LogP contribution >= 0.6 is 0 Å². The summed E-state index contributed by atoms with van der Waals surface area (Å²) in [7, 11) is 1.54. The molecule has 1 fully saturated rings. The van der Waals surface area contributed by atoms with Crippen LogP contribution < -0.4 is 15.0 Å². The largest absolute Gasteiger partial charge is 0.495 e. The number of carbonyl (C=O) groups is 2. The van der Waals surface area contributed by atoms with Gasteiger partial charge in [-0.2, -0.15) is 0 Å². The third-order valence-corrected chi connectivity index (χ3v) is 4.32. The molecule has 2 amide bonds. The predicted molar refractivity (Wildman–Crippen MR) is 93.2 cm³/mol. The number of rotatable bonds is 4. The van der Waals surface area contributed by atoms with Gasteiger partial charge in [-0.1, -0.05) is 12.1 Å². The summed E-state index contributed by atoms with van der Waals surface area (Å²) in [6, 6.07) is 11.4. The van der Waals surface area contributed by atoms with E-state index < -0.39 is 5.92 Å². The monoisotopic (exact) mass is 342 g/mol. The van der Waals surface area contributed by atoms with Crippen LogP contribution in [0.25, 0.3) is 0 Å². The molecule has 5 nitrogen and oxygen atoms in total. The number of aryl methyl sites for hydroxylation is 1. The van der Waals surface area contributed by atoms with Crippen LogP contribution in [0.3, 0.4) is 0 Å². The molecule has 1 N–H and O–H groups in total. The number of hydrogen-bond acceptors (Lipinski definition) is 3. The molecule has 1 aliphatic heterocycles. The first kappa shape index (κ1) is 17.0. The van der Waals surface area contributed by atoms with E-state index >= 15 is 0 Å². The van der Waals surface area contributed by atoms with Gasteiger partial charge in [0.05, 0.1) is 18.7 Å². The van der Waals surface area contributed by atoms with Gasteiger partial charge in [-0.3, -0.25) is 9.59 Å². The van der Waals surface area contributed by atoms with Gasteiger partial charge in [0.2, 0.25) is 11.8 Å². The number of amides is 2. The molecule has 130 valence electrons. The predicted octanol–water partition coefficient (Wildman–Crippen LogP) is 3.13. The molecule has 0 unspecified atom stereocenters. The highest BCUT2D eigenvalue weighted by molar-refractivity contribution is 6.04.